The van der Waals surface area contributed by atoms with Gasteiger partial charge in [-0.2, -0.15) is 0 Å². The fraction of sp³-hybridized carbons (Fsp3) is 0.450. The van der Waals surface area contributed by atoms with Crippen molar-refractivity contribution in [3.05, 3.63) is 91.4 Å². The number of aromatic nitrogens is 2. The zero-order valence-corrected chi connectivity index (χ0v) is 32.3. The number of rotatable bonds is 22. The lowest BCUT2D eigenvalue weighted by Crippen LogP contribution is -2.40. The largest absolute Gasteiger partial charge is 0.382 e. The minimum atomic E-state index is -0.435. The molecule has 0 aliphatic carbocycles. The first-order chi connectivity index (χ1) is 25.2. The summed E-state index contributed by atoms with van der Waals surface area (Å²) < 4.78 is 0. The van der Waals surface area contributed by atoms with Crippen molar-refractivity contribution >= 4 is 67.8 Å². The van der Waals surface area contributed by atoms with E-state index in [1.54, 1.807) is 0 Å². The van der Waals surface area contributed by atoms with Gasteiger partial charge in [0.25, 0.3) is 10.9 Å². The lowest BCUT2D eigenvalue weighted by molar-refractivity contribution is 0.290. The molecule has 2 atom stereocenters. The highest BCUT2D eigenvalue weighted by Crippen LogP contribution is 2.27. The average molecular weight is 748 g/mol. The van der Waals surface area contributed by atoms with Gasteiger partial charge in [-0.25, -0.2) is 0 Å². The van der Waals surface area contributed by atoms with Crippen LogP contribution in [0.1, 0.15) is 53.4 Å². The first-order valence-corrected chi connectivity index (χ1v) is 19.3. The van der Waals surface area contributed by atoms with E-state index in [1.165, 1.54) is 0 Å². The summed E-state index contributed by atoms with van der Waals surface area (Å²) in [5.41, 5.74) is 3.84. The number of anilines is 4. The fourth-order valence-electron chi connectivity index (χ4n) is 6.67. The van der Waals surface area contributed by atoms with Crippen LogP contribution in [0, 0.1) is 0 Å². The normalized spacial score (nSPS) is 12.9. The zero-order valence-electron chi connectivity index (χ0n) is 30.8. The van der Waals surface area contributed by atoms with Gasteiger partial charge in [0.15, 0.2) is 0 Å². The summed E-state index contributed by atoms with van der Waals surface area (Å²) in [6.07, 6.45) is 7.70. The zero-order chi connectivity index (χ0) is 37.0. The lowest BCUT2D eigenvalue weighted by atomic mass is 10.1. The molecule has 10 nitrogen and oxygen atoms in total. The number of nitrogens with zero attached hydrogens (tertiary/aromatic N) is 4. The Balaban J connectivity index is 0.988. The predicted molar refractivity (Wildman–Crippen MR) is 221 cm³/mol. The predicted octanol–water partition coefficient (Wildman–Crippen LogP) is 7.72. The van der Waals surface area contributed by atoms with E-state index in [0.29, 0.717) is 46.6 Å². The van der Waals surface area contributed by atoms with Crippen LogP contribution in [0.3, 0.4) is 0 Å². The fourth-order valence-corrected chi connectivity index (χ4v) is 7.01. The number of halogens is 2. The molecule has 0 bridgehead atoms. The Morgan fingerprint density at radius 1 is 0.635 bits per heavy atom. The second-order valence-electron chi connectivity index (χ2n) is 13.5. The molecule has 278 valence electrons. The molecule has 2 aromatic heterocycles. The van der Waals surface area contributed by atoms with Gasteiger partial charge in [0.2, 0.25) is 0 Å². The molecule has 0 saturated carbocycles. The van der Waals surface area contributed by atoms with Crippen LogP contribution in [0.2, 0.25) is 10.0 Å². The van der Waals surface area contributed by atoms with Crippen LogP contribution in [-0.2, 0) is 0 Å². The van der Waals surface area contributed by atoms with Gasteiger partial charge in [-0.3, -0.25) is 19.6 Å². The highest BCUT2D eigenvalue weighted by Gasteiger charge is 2.21. The number of hydrogen-bond donors (Lipinski definition) is 4. The van der Waals surface area contributed by atoms with E-state index in [-0.39, 0.29) is 0 Å². The second-order valence-corrected chi connectivity index (χ2v) is 14.4. The van der Waals surface area contributed by atoms with Crippen LogP contribution in [-0.4, -0.2) is 84.2 Å². The summed E-state index contributed by atoms with van der Waals surface area (Å²) in [4.78, 5) is 38.5. The summed E-state index contributed by atoms with van der Waals surface area (Å²) in [6, 6.07) is 16.2. The van der Waals surface area contributed by atoms with Gasteiger partial charge >= 0.3 is 0 Å². The lowest BCUT2D eigenvalue weighted by Gasteiger charge is -2.24. The molecular formula is C40H52Cl2N8O2. The monoisotopic (exact) mass is 746 g/mol. The van der Waals surface area contributed by atoms with Crippen molar-refractivity contribution in [1.29, 1.82) is 0 Å². The maximum Gasteiger partial charge on any atom is 0.253 e. The molecule has 2 unspecified atom stereocenters. The number of hydrogen-bond acceptors (Lipinski definition) is 10. The summed E-state index contributed by atoms with van der Waals surface area (Å²) in [6.45, 7) is 15.2. The molecule has 0 saturated heterocycles. The van der Waals surface area contributed by atoms with Gasteiger partial charge in [0.1, 0.15) is 11.4 Å². The number of benzene rings is 2. The van der Waals surface area contributed by atoms with Crippen LogP contribution >= 0.6 is 23.2 Å². The van der Waals surface area contributed by atoms with Crippen molar-refractivity contribution < 1.29 is 0 Å². The van der Waals surface area contributed by atoms with Crippen molar-refractivity contribution in [2.24, 2.45) is 0 Å². The van der Waals surface area contributed by atoms with Crippen LogP contribution in [0.5, 0.6) is 0 Å². The highest BCUT2D eigenvalue weighted by atomic mass is 35.5. The number of nitrogens with one attached hydrogen (secondary N) is 4. The molecule has 12 heteroatoms. The van der Waals surface area contributed by atoms with Crippen LogP contribution < -0.4 is 32.1 Å². The molecule has 0 radical (unpaired) electrons. The Morgan fingerprint density at radius 3 is 1.46 bits per heavy atom. The van der Waals surface area contributed by atoms with Crippen LogP contribution in [0.25, 0.3) is 21.8 Å². The van der Waals surface area contributed by atoms with Gasteiger partial charge < -0.3 is 31.1 Å². The molecule has 0 fully saturated rings. The van der Waals surface area contributed by atoms with Crippen molar-refractivity contribution in [3.63, 3.8) is 0 Å². The maximum absolute atomic E-state index is 12.4. The highest BCUT2D eigenvalue weighted by molar-refractivity contribution is 6.31. The minimum Gasteiger partial charge on any atom is -0.382 e. The molecule has 0 aliphatic rings. The molecule has 0 amide bonds. The maximum atomic E-state index is 12.4. The molecule has 5 aromatic rings. The van der Waals surface area contributed by atoms with Gasteiger partial charge in [0, 0.05) is 82.8 Å². The first-order valence-electron chi connectivity index (χ1n) is 18.5. The van der Waals surface area contributed by atoms with E-state index < -0.39 is 10.9 Å². The number of likely N-dealkylation sites (N-methyl/N-ethyl adjacent to an activating group) is 2. The Bertz CT molecular complexity index is 1840. The van der Waals surface area contributed by atoms with E-state index in [4.69, 9.17) is 23.2 Å². The topological polar surface area (TPSA) is 115 Å². The third-order valence-corrected chi connectivity index (χ3v) is 10.2. The second kappa shape index (κ2) is 19.2. The first kappa shape index (κ1) is 39.3. The average Bonchev–Trinajstić information content (AvgIpc) is 3.13. The van der Waals surface area contributed by atoms with Gasteiger partial charge in [-0.1, -0.05) is 37.0 Å². The van der Waals surface area contributed by atoms with E-state index in [9.17, 15) is 9.59 Å². The van der Waals surface area contributed by atoms with E-state index in [1.807, 2.05) is 60.9 Å². The molecule has 5 rings (SSSR count). The number of fused-ring (bicyclic) bond motifs is 2. The van der Waals surface area contributed by atoms with Crippen LogP contribution in [0.4, 0.5) is 22.7 Å². The Morgan fingerprint density at radius 2 is 1.06 bits per heavy atom. The van der Waals surface area contributed by atoms with Crippen molar-refractivity contribution in [2.45, 2.75) is 65.5 Å². The molecule has 2 heterocycles. The third-order valence-electron chi connectivity index (χ3n) is 9.70. The summed E-state index contributed by atoms with van der Waals surface area (Å²) >= 11 is 12.3. The summed E-state index contributed by atoms with van der Waals surface area (Å²) in [5.74, 6) is 0. The smallest absolute Gasteiger partial charge is 0.253 e. The molecule has 52 heavy (non-hydrogen) atoms. The van der Waals surface area contributed by atoms with Crippen molar-refractivity contribution in [3.8, 4) is 0 Å². The Hall–Kier alpha value is -3.96. The van der Waals surface area contributed by atoms with Crippen molar-refractivity contribution in [1.82, 2.24) is 19.8 Å². The summed E-state index contributed by atoms with van der Waals surface area (Å²) in [5, 5.41) is 17.2. The minimum absolute atomic E-state index is 0.291. The molecule has 4 N–H and O–H groups in total. The van der Waals surface area contributed by atoms with Crippen LogP contribution in [0.15, 0.2) is 70.5 Å². The molecular weight excluding hydrogens is 695 g/mol. The molecule has 3 aromatic carbocycles. The SMILES string of the molecule is CCN(CCCC(C)Nc1ccnc2cc(Cl)ccc12)CCNc1c(NCCN(CC)CCCC(C)Nc2ccnc3cc(Cl)ccc23)c(=O)c1=O. The molecule has 0 aliphatic heterocycles. The van der Waals surface area contributed by atoms with Gasteiger partial charge in [0.05, 0.1) is 11.0 Å². The van der Waals surface area contributed by atoms with E-state index in [0.717, 1.165) is 98.1 Å². The van der Waals surface area contributed by atoms with E-state index >= 15 is 0 Å². The summed E-state index contributed by atoms with van der Waals surface area (Å²) in [7, 11) is 0. The van der Waals surface area contributed by atoms with Crippen molar-refractivity contribution in [2.75, 3.05) is 73.6 Å². The Labute approximate surface area is 317 Å². The Kier molecular flexibility index (Phi) is 14.5. The van der Waals surface area contributed by atoms with Gasteiger partial charge in [-0.05, 0) is 114 Å². The standard InChI is InChI=1S/C40H52Cl2N8O2/c1-5-49(21-7-9-27(3)47-33-15-17-43-35-25-29(41)11-13-31(33)35)23-19-45-37-38(40(52)39(37)51)46-20-24-50(6-2)22-8-10-28(4)48-34-16-18-44-36-26-30(42)12-14-32(34)36/h11-18,25-28,45-46H,5-10,19-24H2,1-4H3,(H,43,47)(H,44,48). The van der Waals surface area contributed by atoms with E-state index in [2.05, 4.69) is 68.7 Å². The number of pyridine rings is 2. The third kappa shape index (κ3) is 10.6. The molecule has 0 spiro atoms. The van der Waals surface area contributed by atoms with Gasteiger partial charge in [-0.15, -0.1) is 0 Å². The quantitative estimate of drug-likeness (QED) is 0.0525.